The number of nitriles is 2. The van der Waals surface area contributed by atoms with E-state index >= 15 is 0 Å². The van der Waals surface area contributed by atoms with Gasteiger partial charge in [-0.25, -0.2) is 0 Å². The van der Waals surface area contributed by atoms with Crippen LogP contribution in [0.3, 0.4) is 0 Å². The zero-order valence-corrected chi connectivity index (χ0v) is 41.4. The molecule has 4 heterocycles. The topological polar surface area (TPSA) is 145 Å². The lowest BCUT2D eigenvalue weighted by Gasteiger charge is -2.13. The first-order valence-corrected chi connectivity index (χ1v) is 23.4. The number of nitrogens with zero attached hydrogens (tertiary/aromatic N) is 10. The minimum Gasteiger partial charge on any atom is -0.508 e. The van der Waals surface area contributed by atoms with Gasteiger partial charge in [0.05, 0.1) is 30.6 Å². The number of pyridine rings is 2. The molecule has 0 saturated heterocycles. The fourth-order valence-corrected chi connectivity index (χ4v) is 7.27. The summed E-state index contributed by atoms with van der Waals surface area (Å²) in [4.78, 5) is 13.3. The quantitative estimate of drug-likeness (QED) is 0.124. The van der Waals surface area contributed by atoms with Crippen LogP contribution in [0.15, 0.2) is 134 Å². The fraction of sp³-hybridized carbons (Fsp3) is 0.208. The van der Waals surface area contributed by atoms with Gasteiger partial charge in [0.2, 0.25) is 0 Å². The van der Waals surface area contributed by atoms with Gasteiger partial charge in [0.1, 0.15) is 36.0 Å². The number of methoxy groups -OCH3 is 1. The van der Waals surface area contributed by atoms with Crippen molar-refractivity contribution in [3.8, 4) is 90.9 Å². The van der Waals surface area contributed by atoms with Crippen LogP contribution in [-0.4, -0.2) is 90.0 Å². The third-order valence-electron chi connectivity index (χ3n) is 10.4. The van der Waals surface area contributed by atoms with Gasteiger partial charge in [0.15, 0.2) is 0 Å². The number of aromatic nitrogens is 6. The number of thioether (sulfide) groups is 1. The van der Waals surface area contributed by atoms with Crippen molar-refractivity contribution in [3.63, 3.8) is 0 Å². The van der Waals surface area contributed by atoms with Crippen LogP contribution >= 0.6 is 11.8 Å². The largest absolute Gasteiger partial charge is 0.762 e. The van der Waals surface area contributed by atoms with Gasteiger partial charge >= 0.3 is 7.54 Å². The molecule has 0 amide bonds. The Morgan fingerprint density at radius 3 is 1.37 bits per heavy atom. The summed E-state index contributed by atoms with van der Waals surface area (Å²) < 4.78 is 37.8. The average Bonchev–Trinajstić information content (AvgIpc) is 3.97. The summed E-state index contributed by atoms with van der Waals surface area (Å²) in [7, 11) is 6.06. The molecular weight excluding hydrogens is 909 g/mol. The van der Waals surface area contributed by atoms with Gasteiger partial charge in [0.25, 0.3) is 0 Å². The molecule has 8 aromatic rings. The maximum atomic E-state index is 10.1. The van der Waals surface area contributed by atoms with Crippen LogP contribution in [-0.2, 0) is 13.1 Å². The van der Waals surface area contributed by atoms with Crippen molar-refractivity contribution in [1.82, 2.24) is 29.5 Å². The van der Waals surface area contributed by atoms with Crippen LogP contribution in [0.25, 0.3) is 67.3 Å². The van der Waals surface area contributed by atoms with Gasteiger partial charge in [-0.2, -0.15) is 32.5 Å². The van der Waals surface area contributed by atoms with Crippen molar-refractivity contribution in [2.24, 2.45) is 0 Å². The second kappa shape index (κ2) is 25.4. The maximum Gasteiger partial charge on any atom is 0.762 e. The molecule has 0 spiro atoms. The van der Waals surface area contributed by atoms with Gasteiger partial charge in [-0.1, -0.05) is 24.3 Å². The Morgan fingerprint density at radius 1 is 0.600 bits per heavy atom. The lowest BCUT2D eigenvalue weighted by Crippen LogP contribution is -2.07. The third-order valence-corrected chi connectivity index (χ3v) is 10.4. The Balaban J connectivity index is 0.000000230. The number of benzene rings is 4. The molecule has 358 valence electrons. The Bertz CT molecular complexity index is 3030. The lowest BCUT2D eigenvalue weighted by molar-refractivity contribution is 0.414. The minimum atomic E-state index is -3.67. The number of hydrogen-bond donors (Lipinski definition) is 1. The van der Waals surface area contributed by atoms with Crippen molar-refractivity contribution in [2.75, 3.05) is 57.6 Å². The number of phenols is 1. The molecule has 0 saturated carbocycles. The summed E-state index contributed by atoms with van der Waals surface area (Å²) in [6.07, 6.45) is 11.5. The monoisotopic (exact) mass is 962 g/mol. The second-order valence-electron chi connectivity index (χ2n) is 16.2. The number of halogens is 3. The van der Waals surface area contributed by atoms with E-state index in [2.05, 4.69) is 97.7 Å². The first-order valence-electron chi connectivity index (χ1n) is 21.7. The average molecular weight is 963 g/mol. The van der Waals surface area contributed by atoms with Gasteiger partial charge in [-0.15, -0.1) is 0 Å². The maximum absolute atomic E-state index is 10.1. The number of aryl methyl sites for hydroxylation is 2. The van der Waals surface area contributed by atoms with Crippen molar-refractivity contribution >= 4 is 30.7 Å². The summed E-state index contributed by atoms with van der Waals surface area (Å²) in [6, 6.07) is 40.3. The first kappa shape index (κ1) is 52.9. The summed E-state index contributed by atoms with van der Waals surface area (Å²) in [5.74, 6) is 0.962. The molecule has 0 aliphatic carbocycles. The zero-order chi connectivity index (χ0) is 50.9. The predicted molar refractivity (Wildman–Crippen MR) is 279 cm³/mol. The highest BCUT2D eigenvalue weighted by molar-refractivity contribution is 7.97. The summed E-state index contributed by atoms with van der Waals surface area (Å²) in [5.41, 5.74) is 15.1. The first-order chi connectivity index (χ1) is 33.6. The number of phenolic OH excluding ortho intramolecular Hbond substituents is 1. The molecule has 8 rings (SSSR count). The summed E-state index contributed by atoms with van der Waals surface area (Å²) >= 11 is 1.75. The smallest absolute Gasteiger partial charge is 0.508 e. The van der Waals surface area contributed by atoms with Crippen LogP contribution in [0.1, 0.15) is 11.1 Å². The Labute approximate surface area is 412 Å². The molecule has 4 aromatic heterocycles. The molecule has 0 atom stereocenters. The third kappa shape index (κ3) is 14.5. The molecule has 4 aromatic carbocycles. The minimum absolute atomic E-state index is 0.148. The highest BCUT2D eigenvalue weighted by atomic mass is 32.2. The number of rotatable bonds is 11. The zero-order valence-electron chi connectivity index (χ0n) is 40.6. The van der Waals surface area contributed by atoms with E-state index < -0.39 is 7.54 Å². The van der Waals surface area contributed by atoms with Gasteiger partial charge in [-0.3, -0.25) is 32.3 Å². The van der Waals surface area contributed by atoms with Gasteiger partial charge < -0.3 is 19.6 Å². The van der Waals surface area contributed by atoms with E-state index in [1.54, 1.807) is 46.6 Å². The van der Waals surface area contributed by atoms with Crippen molar-refractivity contribution in [2.45, 2.75) is 26.9 Å². The molecule has 0 unspecified atom stereocenters. The highest BCUT2D eigenvalue weighted by Gasteiger charge is 2.18. The summed E-state index contributed by atoms with van der Waals surface area (Å²) in [6.45, 7) is 4.28. The Hall–Kier alpha value is -8.02. The number of hydrogen-bond acceptors (Lipinski definition) is 11. The van der Waals surface area contributed by atoms with E-state index in [9.17, 15) is 23.3 Å². The van der Waals surface area contributed by atoms with Crippen molar-refractivity contribution in [1.29, 1.82) is 10.5 Å². The molecule has 0 fully saturated rings. The van der Waals surface area contributed by atoms with E-state index in [-0.39, 0.29) is 18.8 Å². The molecule has 0 bridgehead atoms. The van der Waals surface area contributed by atoms with Crippen molar-refractivity contribution in [3.05, 3.63) is 145 Å². The standard InChI is InChI=1S/C26H25N5O.C25H23N5O.C2H6S.BF3/c1-18-13-21(15-23(14-18)32-4)26-24(17-31(29-26)12-10-27)20-9-11-28-25(16-20)19-5-7-22(8-6-19)30(2)3;1-17-12-20(14-22(31)13-17)25-23(16-30(28-25)11-9-26)19-8-10-27-24(15-19)18-4-6-21(7-5-18)29(2)3;1-3-2;2-1(3)4/h5-9,11,13-17H,12H2,1-4H3;4-8,10,12-16,31H,11H2,1-3H3;1-2H3;. The van der Waals surface area contributed by atoms with Crippen LogP contribution in [0, 0.1) is 36.5 Å². The van der Waals surface area contributed by atoms with Crippen LogP contribution in [0.2, 0.25) is 0 Å². The Kier molecular flexibility index (Phi) is 19.2. The summed E-state index contributed by atoms with van der Waals surface area (Å²) in [5, 5.41) is 37.7. The molecule has 0 aliphatic rings. The van der Waals surface area contributed by atoms with Gasteiger partial charge in [-0.05, 0) is 134 Å². The molecule has 1 N–H and O–H groups in total. The number of anilines is 2. The second-order valence-corrected chi connectivity index (χ2v) is 17.0. The van der Waals surface area contributed by atoms with Crippen LogP contribution < -0.4 is 14.5 Å². The van der Waals surface area contributed by atoms with Crippen molar-refractivity contribution < 1.29 is 22.8 Å². The SMILES string of the molecule is COc1cc(C)cc(-c2nn(CC#N)cc2-c2ccnc(-c3ccc(N(C)C)cc3)c2)c1.CSC.Cc1cc(O)cc(-c2nn(CC#N)cc2-c2ccnc(-c3ccc(N(C)C)cc3)c2)c1.FB(F)F. The van der Waals surface area contributed by atoms with Gasteiger partial charge in [0, 0.05) is 97.7 Å². The molecule has 70 heavy (non-hydrogen) atoms. The molecule has 12 nitrogen and oxygen atoms in total. The fourth-order valence-electron chi connectivity index (χ4n) is 7.27. The molecule has 0 radical (unpaired) electrons. The normalized spacial score (nSPS) is 10.2. The van der Waals surface area contributed by atoms with E-state index in [0.29, 0.717) is 5.69 Å². The molecule has 0 aliphatic heterocycles. The number of aromatic hydroxyl groups is 1. The van der Waals surface area contributed by atoms with Crippen LogP contribution in [0.4, 0.5) is 24.3 Å². The Morgan fingerprint density at radius 2 is 1.00 bits per heavy atom. The number of ether oxygens (including phenoxy) is 1. The molecule has 17 heteroatoms. The molecular formula is C53H54BF3N10O2S. The highest BCUT2D eigenvalue weighted by Crippen LogP contribution is 2.37. The van der Waals surface area contributed by atoms with E-state index in [0.717, 1.165) is 89.8 Å². The van der Waals surface area contributed by atoms with E-state index in [1.807, 2.05) is 110 Å². The predicted octanol–water partition coefficient (Wildman–Crippen LogP) is 11.9. The van der Waals surface area contributed by atoms with E-state index in [4.69, 9.17) is 15.1 Å². The van der Waals surface area contributed by atoms with Crippen LogP contribution in [0.5, 0.6) is 11.5 Å². The lowest BCUT2D eigenvalue weighted by atomic mass is 9.99. The van der Waals surface area contributed by atoms with E-state index in [1.165, 1.54) is 0 Å².